The second kappa shape index (κ2) is 9.85. The molecule has 0 amide bonds. The number of carbonyl (C=O) groups is 1. The number of rotatable bonds is 5. The fourth-order valence-corrected chi connectivity index (χ4v) is 4.35. The van der Waals surface area contributed by atoms with Crippen molar-refractivity contribution in [2.75, 3.05) is 4.90 Å². The van der Waals surface area contributed by atoms with E-state index in [0.29, 0.717) is 11.3 Å². The number of hydrogen-bond donors (Lipinski definition) is 1. The monoisotopic (exact) mass is 526 g/mol. The third-order valence-corrected chi connectivity index (χ3v) is 5.96. The Balaban J connectivity index is 1.97. The van der Waals surface area contributed by atoms with Crippen molar-refractivity contribution < 1.29 is 32.7 Å². The van der Waals surface area contributed by atoms with Gasteiger partial charge in [-0.1, -0.05) is 42.5 Å². The molecule has 1 atom stereocenters. The van der Waals surface area contributed by atoms with E-state index in [1.165, 1.54) is 24.3 Å². The molecule has 3 aromatic rings. The minimum absolute atomic E-state index is 0.0409. The maximum Gasteiger partial charge on any atom is 0.416 e. The zero-order valence-corrected chi connectivity index (χ0v) is 20.8. The Labute approximate surface area is 216 Å². The van der Waals surface area contributed by atoms with E-state index in [-0.39, 0.29) is 23.4 Å². The van der Waals surface area contributed by atoms with E-state index in [2.05, 4.69) is 0 Å². The van der Waals surface area contributed by atoms with Crippen molar-refractivity contribution in [3.05, 3.63) is 111 Å². The minimum atomic E-state index is -4.56. The molecule has 1 unspecified atom stereocenters. The number of nitro groups is 1. The number of carbonyl (C=O) groups excluding carboxylic acids is 1. The molecule has 0 saturated heterocycles. The molecule has 4 rings (SSSR count). The van der Waals surface area contributed by atoms with Gasteiger partial charge in [0.1, 0.15) is 16.9 Å². The van der Waals surface area contributed by atoms with Gasteiger partial charge < -0.3 is 14.7 Å². The number of benzene rings is 3. The quantitative estimate of drug-likeness (QED) is 0.219. The molecule has 38 heavy (non-hydrogen) atoms. The van der Waals surface area contributed by atoms with Gasteiger partial charge in [0.15, 0.2) is 0 Å². The summed E-state index contributed by atoms with van der Waals surface area (Å²) >= 11 is 0. The summed E-state index contributed by atoms with van der Waals surface area (Å²) in [5, 5.41) is 22.8. The lowest BCUT2D eigenvalue weighted by molar-refractivity contribution is -0.384. The Hall–Kier alpha value is -4.34. The van der Waals surface area contributed by atoms with Gasteiger partial charge in [-0.05, 0) is 50.1 Å². The highest BCUT2D eigenvalue weighted by Crippen LogP contribution is 2.47. The van der Waals surface area contributed by atoms with Crippen molar-refractivity contribution in [3.63, 3.8) is 0 Å². The summed E-state index contributed by atoms with van der Waals surface area (Å²) in [6.45, 7) is 5.09. The second-order valence-corrected chi connectivity index (χ2v) is 9.86. The molecule has 1 aliphatic rings. The molecule has 0 radical (unpaired) electrons. The Morgan fingerprint density at radius 1 is 1.03 bits per heavy atom. The first kappa shape index (κ1) is 26.7. The number of anilines is 1. The van der Waals surface area contributed by atoms with Gasteiger partial charge in [-0.25, -0.2) is 4.79 Å². The van der Waals surface area contributed by atoms with Crippen LogP contribution in [0.4, 0.5) is 24.5 Å². The van der Waals surface area contributed by atoms with E-state index in [0.717, 1.165) is 23.8 Å². The summed E-state index contributed by atoms with van der Waals surface area (Å²) in [7, 11) is 0. The summed E-state index contributed by atoms with van der Waals surface area (Å²) in [6.07, 6.45) is -4.56. The first-order chi connectivity index (χ1) is 17.8. The summed E-state index contributed by atoms with van der Waals surface area (Å²) in [5.74, 6) is -1.43. The van der Waals surface area contributed by atoms with Crippen molar-refractivity contribution in [2.45, 2.75) is 45.1 Å². The van der Waals surface area contributed by atoms with Gasteiger partial charge in [0.2, 0.25) is 0 Å². The number of alkyl halides is 3. The summed E-state index contributed by atoms with van der Waals surface area (Å²) in [5.41, 5.74) is -0.843. The molecule has 0 aliphatic carbocycles. The fourth-order valence-electron chi connectivity index (χ4n) is 4.35. The normalized spacial score (nSPS) is 15.7. The Bertz CT molecular complexity index is 1390. The van der Waals surface area contributed by atoms with Gasteiger partial charge >= 0.3 is 12.1 Å². The molecule has 0 aromatic heterocycles. The van der Waals surface area contributed by atoms with Gasteiger partial charge in [0.05, 0.1) is 16.5 Å². The number of aliphatic hydroxyl groups excluding tert-OH is 1. The number of nitro benzene ring substituents is 1. The van der Waals surface area contributed by atoms with Crippen LogP contribution >= 0.6 is 0 Å². The maximum atomic E-state index is 13.5. The van der Waals surface area contributed by atoms with E-state index >= 15 is 0 Å². The Morgan fingerprint density at radius 2 is 1.66 bits per heavy atom. The van der Waals surface area contributed by atoms with E-state index in [1.54, 1.807) is 25.7 Å². The number of hydrogen-bond acceptors (Lipinski definition) is 6. The standard InChI is InChI=1S/C28H25F3N2O5/c1-27(2,3)38-26(35)23-24(18-9-11-19(12-10-18)28(29,30)31)32(16-17-7-5-4-6-8-17)22-14-13-20(33(36)37)15-21(22)25(23)34/h4-15,24,34H,16H2,1-3H3. The van der Waals surface area contributed by atoms with Gasteiger partial charge in [0.25, 0.3) is 5.69 Å². The molecule has 1 heterocycles. The van der Waals surface area contributed by atoms with Crippen molar-refractivity contribution in [1.82, 2.24) is 0 Å². The zero-order chi connectivity index (χ0) is 27.8. The molecule has 0 fully saturated rings. The molecule has 0 bridgehead atoms. The molecule has 0 saturated carbocycles. The number of non-ortho nitro benzene ring substituents is 1. The van der Waals surface area contributed by atoms with Crippen LogP contribution in [0.2, 0.25) is 0 Å². The lowest BCUT2D eigenvalue weighted by Gasteiger charge is -2.40. The molecule has 10 heteroatoms. The average molecular weight is 527 g/mol. The maximum absolute atomic E-state index is 13.5. The van der Waals surface area contributed by atoms with Crippen LogP contribution in [0.5, 0.6) is 0 Å². The van der Waals surface area contributed by atoms with Crippen LogP contribution in [-0.2, 0) is 22.3 Å². The molecule has 7 nitrogen and oxygen atoms in total. The molecule has 0 spiro atoms. The van der Waals surface area contributed by atoms with Crippen molar-refractivity contribution in [2.24, 2.45) is 0 Å². The van der Waals surface area contributed by atoms with Crippen LogP contribution in [0.25, 0.3) is 5.76 Å². The number of fused-ring (bicyclic) bond motifs is 1. The van der Waals surface area contributed by atoms with E-state index < -0.39 is 40.0 Å². The van der Waals surface area contributed by atoms with Crippen LogP contribution in [-0.4, -0.2) is 21.6 Å². The zero-order valence-electron chi connectivity index (χ0n) is 20.8. The third kappa shape index (κ3) is 5.49. The lowest BCUT2D eigenvalue weighted by atomic mass is 9.87. The number of ether oxygens (including phenoxy) is 1. The number of halogens is 3. The topological polar surface area (TPSA) is 92.9 Å². The van der Waals surface area contributed by atoms with Crippen LogP contribution in [0.3, 0.4) is 0 Å². The van der Waals surface area contributed by atoms with Gasteiger partial charge in [-0.3, -0.25) is 10.1 Å². The first-order valence-corrected chi connectivity index (χ1v) is 11.7. The van der Waals surface area contributed by atoms with E-state index in [1.807, 2.05) is 30.3 Å². The van der Waals surface area contributed by atoms with Crippen LogP contribution in [0, 0.1) is 10.1 Å². The summed E-state index contributed by atoms with van der Waals surface area (Å²) in [6, 6.07) is 16.3. The summed E-state index contributed by atoms with van der Waals surface area (Å²) < 4.78 is 45.4. The highest BCUT2D eigenvalue weighted by molar-refractivity contribution is 6.02. The third-order valence-electron chi connectivity index (χ3n) is 5.96. The Morgan fingerprint density at radius 3 is 2.21 bits per heavy atom. The minimum Gasteiger partial charge on any atom is -0.507 e. The van der Waals surface area contributed by atoms with E-state index in [4.69, 9.17) is 4.74 Å². The highest BCUT2D eigenvalue weighted by atomic mass is 19.4. The molecule has 1 aliphatic heterocycles. The number of aliphatic hydroxyl groups is 1. The largest absolute Gasteiger partial charge is 0.507 e. The molecular weight excluding hydrogens is 501 g/mol. The van der Waals surface area contributed by atoms with Gasteiger partial charge in [-0.15, -0.1) is 0 Å². The molecule has 1 N–H and O–H groups in total. The number of esters is 1. The fraction of sp³-hybridized carbons (Fsp3) is 0.250. The van der Waals surface area contributed by atoms with Gasteiger partial charge in [0, 0.05) is 29.9 Å². The SMILES string of the molecule is CC(C)(C)OC(=O)C1=C(O)c2cc([N+](=O)[O-])ccc2N(Cc2ccccc2)C1c1ccc(C(F)(F)F)cc1. The van der Waals surface area contributed by atoms with Gasteiger partial charge in [-0.2, -0.15) is 13.2 Å². The van der Waals surface area contributed by atoms with Crippen LogP contribution in [0.15, 0.2) is 78.4 Å². The number of nitrogens with zero attached hydrogens (tertiary/aromatic N) is 2. The van der Waals surface area contributed by atoms with Crippen molar-refractivity contribution in [1.29, 1.82) is 0 Å². The van der Waals surface area contributed by atoms with Crippen LogP contribution < -0.4 is 4.90 Å². The van der Waals surface area contributed by atoms with Crippen LogP contribution in [0.1, 0.15) is 49.1 Å². The molecule has 3 aromatic carbocycles. The summed E-state index contributed by atoms with van der Waals surface area (Å²) in [4.78, 5) is 26.1. The average Bonchev–Trinajstić information content (AvgIpc) is 2.84. The Kier molecular flexibility index (Phi) is 6.92. The first-order valence-electron chi connectivity index (χ1n) is 11.7. The second-order valence-electron chi connectivity index (χ2n) is 9.86. The van der Waals surface area contributed by atoms with Crippen molar-refractivity contribution >= 4 is 23.1 Å². The van der Waals surface area contributed by atoms with E-state index in [9.17, 15) is 33.2 Å². The highest BCUT2D eigenvalue weighted by Gasteiger charge is 2.41. The molecular formula is C28H25F3N2O5. The molecule has 198 valence electrons. The lowest BCUT2D eigenvalue weighted by Crippen LogP contribution is -2.38. The van der Waals surface area contributed by atoms with Crippen molar-refractivity contribution in [3.8, 4) is 0 Å². The predicted molar refractivity (Wildman–Crippen MR) is 135 cm³/mol. The predicted octanol–water partition coefficient (Wildman–Crippen LogP) is 6.99. The smallest absolute Gasteiger partial charge is 0.416 e.